The van der Waals surface area contributed by atoms with Crippen molar-refractivity contribution in [1.29, 1.82) is 0 Å². The fraction of sp³-hybridized carbons (Fsp3) is 0.545. The van der Waals surface area contributed by atoms with Crippen LogP contribution in [0.2, 0.25) is 5.02 Å². The summed E-state index contributed by atoms with van der Waals surface area (Å²) in [6.45, 7) is -0.198. The second kappa shape index (κ2) is 5.62. The van der Waals surface area contributed by atoms with Crippen LogP contribution in [-0.2, 0) is 10.0 Å². The van der Waals surface area contributed by atoms with Gasteiger partial charge < -0.3 is 10.1 Å². The molecule has 0 saturated heterocycles. The molecular formula is C11H15ClN2O4S. The molecule has 6 nitrogen and oxygen atoms in total. The maximum Gasteiger partial charge on any atom is 0.266 e. The predicted molar refractivity (Wildman–Crippen MR) is 70.7 cm³/mol. The molecular weight excluding hydrogens is 292 g/mol. The molecule has 0 radical (unpaired) electrons. The molecule has 1 fully saturated rings. The number of nitrogens with one attached hydrogen (secondary N) is 1. The number of halogens is 1. The minimum Gasteiger partial charge on any atom is -0.395 e. The van der Waals surface area contributed by atoms with Gasteiger partial charge in [-0.1, -0.05) is 18.0 Å². The number of sulfonamides is 1. The first-order chi connectivity index (χ1) is 8.96. The molecule has 1 heterocycles. The summed E-state index contributed by atoms with van der Waals surface area (Å²) in [7, 11) is -3.74. The Morgan fingerprint density at radius 3 is 2.63 bits per heavy atom. The Balaban J connectivity index is 2.37. The molecule has 0 aliphatic heterocycles. The molecule has 2 N–H and O–H groups in total. The van der Waals surface area contributed by atoms with E-state index in [1.54, 1.807) is 0 Å². The molecule has 2 rings (SSSR count). The SMILES string of the molecule is O=c1[nH]cc(S(=O)(=O)N(CCO)C2CCC2)cc1Cl. The molecule has 1 aliphatic carbocycles. The summed E-state index contributed by atoms with van der Waals surface area (Å²) in [5, 5.41) is 8.86. The number of rotatable bonds is 5. The third kappa shape index (κ3) is 2.84. The van der Waals surface area contributed by atoms with Gasteiger partial charge >= 0.3 is 0 Å². The van der Waals surface area contributed by atoms with Crippen molar-refractivity contribution in [2.45, 2.75) is 30.2 Å². The van der Waals surface area contributed by atoms with Crippen molar-refractivity contribution in [2.24, 2.45) is 0 Å². The molecule has 1 saturated carbocycles. The van der Waals surface area contributed by atoms with Crippen LogP contribution in [0.5, 0.6) is 0 Å². The summed E-state index contributed by atoms with van der Waals surface area (Å²) in [6.07, 6.45) is 3.69. The van der Waals surface area contributed by atoms with Crippen molar-refractivity contribution < 1.29 is 13.5 Å². The minimum absolute atomic E-state index is 0.0454. The van der Waals surface area contributed by atoms with E-state index in [4.69, 9.17) is 16.7 Å². The summed E-state index contributed by atoms with van der Waals surface area (Å²) in [5.41, 5.74) is -0.530. The normalized spacial score (nSPS) is 16.6. The first-order valence-corrected chi connectivity index (χ1v) is 7.79. The van der Waals surface area contributed by atoms with Gasteiger partial charge in [-0.2, -0.15) is 4.31 Å². The van der Waals surface area contributed by atoms with Crippen molar-refractivity contribution in [3.05, 3.63) is 27.6 Å². The van der Waals surface area contributed by atoms with E-state index < -0.39 is 15.6 Å². The van der Waals surface area contributed by atoms with E-state index >= 15 is 0 Å². The second-order valence-corrected chi connectivity index (χ2v) is 6.73. The average molecular weight is 307 g/mol. The van der Waals surface area contributed by atoms with Crippen molar-refractivity contribution >= 4 is 21.6 Å². The molecule has 8 heteroatoms. The van der Waals surface area contributed by atoms with Gasteiger partial charge in [0.15, 0.2) is 0 Å². The Morgan fingerprint density at radius 2 is 2.16 bits per heavy atom. The third-order valence-corrected chi connectivity index (χ3v) is 5.45. The molecule has 0 amide bonds. The van der Waals surface area contributed by atoms with Gasteiger partial charge in [0.1, 0.15) is 5.02 Å². The fourth-order valence-electron chi connectivity index (χ4n) is 1.99. The molecule has 106 valence electrons. The van der Waals surface area contributed by atoms with Crippen molar-refractivity contribution in [3.8, 4) is 0 Å². The molecule has 1 aromatic heterocycles. The van der Waals surface area contributed by atoms with Crippen LogP contribution in [0.25, 0.3) is 0 Å². The van der Waals surface area contributed by atoms with Crippen LogP contribution in [0, 0.1) is 0 Å². The zero-order valence-corrected chi connectivity index (χ0v) is 11.7. The van der Waals surface area contributed by atoms with Gasteiger partial charge in [-0.25, -0.2) is 8.42 Å². The van der Waals surface area contributed by atoms with E-state index in [9.17, 15) is 13.2 Å². The van der Waals surface area contributed by atoms with Crippen LogP contribution in [0.15, 0.2) is 22.0 Å². The topological polar surface area (TPSA) is 90.5 Å². The van der Waals surface area contributed by atoms with E-state index in [1.807, 2.05) is 0 Å². The van der Waals surface area contributed by atoms with Crippen molar-refractivity contribution in [1.82, 2.24) is 9.29 Å². The van der Waals surface area contributed by atoms with Gasteiger partial charge in [0.25, 0.3) is 5.56 Å². The highest BCUT2D eigenvalue weighted by atomic mass is 35.5. The highest BCUT2D eigenvalue weighted by molar-refractivity contribution is 7.89. The molecule has 0 spiro atoms. The van der Waals surface area contributed by atoms with Gasteiger partial charge in [-0.15, -0.1) is 0 Å². The van der Waals surface area contributed by atoms with Gasteiger partial charge in [0.2, 0.25) is 10.0 Å². The Bertz CT molecular complexity index is 609. The number of hydrogen-bond donors (Lipinski definition) is 2. The largest absolute Gasteiger partial charge is 0.395 e. The van der Waals surface area contributed by atoms with Crippen LogP contribution < -0.4 is 5.56 Å². The Labute approximate surface area is 116 Å². The van der Waals surface area contributed by atoms with Crippen molar-refractivity contribution in [3.63, 3.8) is 0 Å². The minimum atomic E-state index is -3.74. The van der Waals surface area contributed by atoms with Crippen LogP contribution >= 0.6 is 11.6 Å². The molecule has 1 aromatic rings. The molecule has 0 bridgehead atoms. The number of pyridine rings is 1. The third-order valence-electron chi connectivity index (χ3n) is 3.24. The monoisotopic (exact) mass is 306 g/mol. The lowest BCUT2D eigenvalue weighted by Gasteiger charge is -2.36. The summed E-state index contributed by atoms with van der Waals surface area (Å²) >= 11 is 5.65. The highest BCUT2D eigenvalue weighted by Crippen LogP contribution is 2.29. The molecule has 19 heavy (non-hydrogen) atoms. The van der Waals surface area contributed by atoms with E-state index in [0.29, 0.717) is 0 Å². The first-order valence-electron chi connectivity index (χ1n) is 5.97. The molecule has 1 aliphatic rings. The number of aromatic nitrogens is 1. The van der Waals surface area contributed by atoms with Crippen LogP contribution in [0.3, 0.4) is 0 Å². The number of H-pyrrole nitrogens is 1. The number of nitrogens with zero attached hydrogens (tertiary/aromatic N) is 1. The highest BCUT2D eigenvalue weighted by Gasteiger charge is 2.34. The quantitative estimate of drug-likeness (QED) is 0.832. The first kappa shape index (κ1) is 14.5. The lowest BCUT2D eigenvalue weighted by molar-refractivity contribution is 0.178. The van der Waals surface area contributed by atoms with Gasteiger partial charge in [0, 0.05) is 18.8 Å². The standard InChI is InChI=1S/C11H15ClN2O4S/c12-10-6-9(7-13-11(10)16)19(17,18)14(4-5-15)8-2-1-3-8/h6-8,15H,1-5H2,(H,13,16). The Kier molecular flexibility index (Phi) is 4.29. The van der Waals surface area contributed by atoms with E-state index in [1.165, 1.54) is 4.31 Å². The molecule has 0 atom stereocenters. The summed E-state index contributed by atoms with van der Waals surface area (Å²) in [4.78, 5) is 13.4. The summed E-state index contributed by atoms with van der Waals surface area (Å²) in [6, 6.07) is 1.06. The maximum atomic E-state index is 12.5. The van der Waals surface area contributed by atoms with Crippen LogP contribution in [-0.4, -0.2) is 42.0 Å². The molecule has 0 unspecified atom stereocenters. The lowest BCUT2D eigenvalue weighted by atomic mass is 9.93. The lowest BCUT2D eigenvalue weighted by Crippen LogP contribution is -2.45. The summed E-state index contributed by atoms with van der Waals surface area (Å²) < 4.78 is 26.2. The number of aliphatic hydroxyl groups excluding tert-OH is 1. The fourth-order valence-corrected chi connectivity index (χ4v) is 3.90. The van der Waals surface area contributed by atoms with Gasteiger partial charge in [-0.05, 0) is 18.9 Å². The van der Waals surface area contributed by atoms with Crippen LogP contribution in [0.4, 0.5) is 0 Å². The van der Waals surface area contributed by atoms with Crippen LogP contribution in [0.1, 0.15) is 19.3 Å². The van der Waals surface area contributed by atoms with E-state index in [-0.39, 0.29) is 29.1 Å². The average Bonchev–Trinajstić information content (AvgIpc) is 2.29. The predicted octanol–water partition coefficient (Wildman–Crippen LogP) is 0.564. The number of aromatic amines is 1. The van der Waals surface area contributed by atoms with E-state index in [0.717, 1.165) is 31.5 Å². The van der Waals surface area contributed by atoms with E-state index in [2.05, 4.69) is 4.98 Å². The second-order valence-electron chi connectivity index (χ2n) is 4.44. The molecule has 0 aromatic carbocycles. The van der Waals surface area contributed by atoms with Gasteiger partial charge in [0.05, 0.1) is 11.5 Å². The number of aliphatic hydroxyl groups is 1. The maximum absolute atomic E-state index is 12.5. The Hall–Kier alpha value is -0.890. The zero-order chi connectivity index (χ0) is 14.0. The van der Waals surface area contributed by atoms with Crippen molar-refractivity contribution in [2.75, 3.05) is 13.2 Å². The smallest absolute Gasteiger partial charge is 0.266 e. The zero-order valence-electron chi connectivity index (χ0n) is 10.2. The number of hydrogen-bond acceptors (Lipinski definition) is 4. The van der Waals surface area contributed by atoms with Gasteiger partial charge in [-0.3, -0.25) is 4.79 Å². The summed E-state index contributed by atoms with van der Waals surface area (Å²) in [5.74, 6) is 0. The Morgan fingerprint density at radius 1 is 1.47 bits per heavy atom.